The van der Waals surface area contributed by atoms with Crippen molar-refractivity contribution in [1.82, 2.24) is 25.7 Å². The summed E-state index contributed by atoms with van der Waals surface area (Å²) in [7, 11) is 0. The van der Waals surface area contributed by atoms with Crippen molar-refractivity contribution in [1.29, 1.82) is 0 Å². The zero-order chi connectivity index (χ0) is 20.9. The summed E-state index contributed by atoms with van der Waals surface area (Å²) in [6, 6.07) is 5.56. The second-order valence-corrected chi connectivity index (χ2v) is 6.99. The van der Waals surface area contributed by atoms with Gasteiger partial charge in [0.2, 0.25) is 5.89 Å². The number of nitrogens with one attached hydrogen (secondary N) is 2. The van der Waals surface area contributed by atoms with Gasteiger partial charge in [0.1, 0.15) is 6.54 Å². The first-order valence-electron chi connectivity index (χ1n) is 9.56. The first-order valence-corrected chi connectivity index (χ1v) is 9.56. The number of aromatic nitrogens is 2. The van der Waals surface area contributed by atoms with Gasteiger partial charge in [-0.25, -0.2) is 4.99 Å². The summed E-state index contributed by atoms with van der Waals surface area (Å²) < 4.78 is 43.1. The third-order valence-corrected chi connectivity index (χ3v) is 4.59. The van der Waals surface area contributed by atoms with E-state index in [0.29, 0.717) is 24.2 Å². The molecule has 1 aliphatic heterocycles. The molecular weight excluding hydrogens is 385 g/mol. The Kier molecular flexibility index (Phi) is 6.73. The molecule has 1 unspecified atom stereocenters. The van der Waals surface area contributed by atoms with E-state index in [2.05, 4.69) is 30.7 Å². The average Bonchev–Trinajstić information content (AvgIpc) is 3.28. The van der Waals surface area contributed by atoms with Crippen LogP contribution in [0.5, 0.6) is 0 Å². The fourth-order valence-electron chi connectivity index (χ4n) is 3.22. The van der Waals surface area contributed by atoms with Gasteiger partial charge in [0.25, 0.3) is 0 Å². The molecule has 3 rings (SSSR count). The summed E-state index contributed by atoms with van der Waals surface area (Å²) >= 11 is 0. The Bertz CT molecular complexity index is 818. The maximum atomic E-state index is 12.7. The molecule has 7 nitrogen and oxygen atoms in total. The van der Waals surface area contributed by atoms with Crippen molar-refractivity contribution in [3.8, 4) is 0 Å². The molecule has 0 bridgehead atoms. The zero-order valence-corrected chi connectivity index (χ0v) is 16.5. The molecule has 0 aliphatic carbocycles. The molecule has 29 heavy (non-hydrogen) atoms. The van der Waals surface area contributed by atoms with Gasteiger partial charge in [0.15, 0.2) is 11.8 Å². The van der Waals surface area contributed by atoms with Gasteiger partial charge in [-0.3, -0.25) is 4.90 Å². The number of likely N-dealkylation sites (tertiary alicyclic amines) is 1. The first kappa shape index (κ1) is 21.1. The lowest BCUT2D eigenvalue weighted by atomic mass is 10.1. The Hall–Kier alpha value is -2.62. The van der Waals surface area contributed by atoms with Crippen LogP contribution in [0.3, 0.4) is 0 Å². The van der Waals surface area contributed by atoms with Gasteiger partial charge < -0.3 is 15.2 Å². The maximum Gasteiger partial charge on any atom is 0.416 e. The summed E-state index contributed by atoms with van der Waals surface area (Å²) in [5.74, 6) is 1.70. The lowest BCUT2D eigenvalue weighted by Gasteiger charge is -2.19. The Balaban J connectivity index is 1.52. The highest BCUT2D eigenvalue weighted by molar-refractivity contribution is 5.80. The Morgan fingerprint density at radius 1 is 1.31 bits per heavy atom. The van der Waals surface area contributed by atoms with Crippen LogP contribution in [0, 0.1) is 6.92 Å². The van der Waals surface area contributed by atoms with Crippen molar-refractivity contribution >= 4 is 5.96 Å². The summed E-state index contributed by atoms with van der Waals surface area (Å²) in [5.41, 5.74) is 0.246. The van der Waals surface area contributed by atoms with Gasteiger partial charge in [0.05, 0.1) is 5.56 Å². The van der Waals surface area contributed by atoms with Crippen LogP contribution < -0.4 is 10.6 Å². The molecule has 10 heteroatoms. The number of hydrogen-bond acceptors (Lipinski definition) is 5. The van der Waals surface area contributed by atoms with Gasteiger partial charge in [-0.2, -0.15) is 18.2 Å². The molecule has 1 aliphatic rings. The maximum absolute atomic E-state index is 12.7. The molecule has 158 valence electrons. The van der Waals surface area contributed by atoms with Crippen molar-refractivity contribution < 1.29 is 17.7 Å². The van der Waals surface area contributed by atoms with Gasteiger partial charge in [-0.15, -0.1) is 0 Å². The van der Waals surface area contributed by atoms with E-state index >= 15 is 0 Å². The van der Waals surface area contributed by atoms with Crippen LogP contribution in [0.25, 0.3) is 0 Å². The quantitative estimate of drug-likeness (QED) is 0.563. The molecule has 1 atom stereocenters. The normalized spacial score (nSPS) is 18.2. The number of hydrogen-bond donors (Lipinski definition) is 2. The average molecular weight is 410 g/mol. The highest BCUT2D eigenvalue weighted by Gasteiger charge is 2.30. The van der Waals surface area contributed by atoms with E-state index in [1.165, 1.54) is 0 Å². The molecule has 1 fully saturated rings. The van der Waals surface area contributed by atoms with Crippen LogP contribution in [0.2, 0.25) is 0 Å². The summed E-state index contributed by atoms with van der Waals surface area (Å²) in [5, 5.41) is 10.3. The summed E-state index contributed by atoms with van der Waals surface area (Å²) in [6.07, 6.45) is -3.38. The molecular formula is C19H25F3N6O. The number of nitrogens with zero attached hydrogens (tertiary/aromatic N) is 4. The molecule has 1 saturated heterocycles. The van der Waals surface area contributed by atoms with Crippen molar-refractivity contribution in [3.05, 3.63) is 47.1 Å². The Labute approximate surface area is 167 Å². The van der Waals surface area contributed by atoms with E-state index in [1.807, 2.05) is 6.92 Å². The lowest BCUT2D eigenvalue weighted by Crippen LogP contribution is -2.44. The van der Waals surface area contributed by atoms with Crippen molar-refractivity contribution in [2.24, 2.45) is 4.99 Å². The molecule has 2 N–H and O–H groups in total. The van der Waals surface area contributed by atoms with Gasteiger partial charge in [-0.1, -0.05) is 17.3 Å². The monoisotopic (exact) mass is 410 g/mol. The number of halogens is 3. The van der Waals surface area contributed by atoms with Crippen molar-refractivity contribution in [2.45, 2.75) is 45.6 Å². The lowest BCUT2D eigenvalue weighted by molar-refractivity contribution is -0.137. The third-order valence-electron chi connectivity index (χ3n) is 4.59. The number of aryl methyl sites for hydroxylation is 1. The fourth-order valence-corrected chi connectivity index (χ4v) is 3.22. The SMILES string of the molecule is CCNC(=NCc1nc(C)no1)NC1CCN(Cc2ccc(C(F)(F)F)cc2)C1. The number of rotatable bonds is 6. The molecule has 2 heterocycles. The molecule has 1 aromatic heterocycles. The summed E-state index contributed by atoms with van der Waals surface area (Å²) in [6.45, 7) is 7.01. The van der Waals surface area contributed by atoms with E-state index in [0.717, 1.165) is 43.8 Å². The third kappa shape index (κ3) is 6.18. The van der Waals surface area contributed by atoms with E-state index in [-0.39, 0.29) is 12.6 Å². The van der Waals surface area contributed by atoms with Crippen molar-refractivity contribution in [2.75, 3.05) is 19.6 Å². The number of aliphatic imine (C=N–C) groups is 1. The molecule has 0 spiro atoms. The topological polar surface area (TPSA) is 78.6 Å². The predicted octanol–water partition coefficient (Wildman–Crippen LogP) is 2.73. The standard InChI is InChI=1S/C19H25F3N6O/c1-3-23-18(24-10-17-25-13(2)27-29-17)26-16-8-9-28(12-16)11-14-4-6-15(7-5-14)19(20,21)22/h4-7,16H,3,8-12H2,1-2H3,(H2,23,24,26). The van der Waals surface area contributed by atoms with Crippen molar-refractivity contribution in [3.63, 3.8) is 0 Å². The summed E-state index contributed by atoms with van der Waals surface area (Å²) in [4.78, 5) is 10.8. The minimum Gasteiger partial charge on any atom is -0.357 e. The highest BCUT2D eigenvalue weighted by Crippen LogP contribution is 2.29. The van der Waals surface area contributed by atoms with Crippen LogP contribution in [-0.4, -0.2) is 46.7 Å². The Morgan fingerprint density at radius 3 is 2.69 bits per heavy atom. The molecule has 0 saturated carbocycles. The van der Waals surface area contributed by atoms with Gasteiger partial charge in [-0.05, 0) is 38.0 Å². The number of guanidine groups is 1. The van der Waals surface area contributed by atoms with Crippen LogP contribution in [-0.2, 0) is 19.3 Å². The first-order chi connectivity index (χ1) is 13.8. The van der Waals surface area contributed by atoms with E-state index in [9.17, 15) is 13.2 Å². The second-order valence-electron chi connectivity index (χ2n) is 6.99. The zero-order valence-electron chi connectivity index (χ0n) is 16.5. The minimum absolute atomic E-state index is 0.201. The number of benzene rings is 1. The van der Waals surface area contributed by atoms with Crippen LogP contribution in [0.1, 0.15) is 36.2 Å². The smallest absolute Gasteiger partial charge is 0.357 e. The van der Waals surface area contributed by atoms with E-state index in [1.54, 1.807) is 19.1 Å². The molecule has 2 aromatic rings. The van der Waals surface area contributed by atoms with Crippen LogP contribution in [0.4, 0.5) is 13.2 Å². The number of alkyl halides is 3. The molecule has 1 aromatic carbocycles. The van der Waals surface area contributed by atoms with E-state index in [4.69, 9.17) is 4.52 Å². The Morgan fingerprint density at radius 2 is 2.07 bits per heavy atom. The fraction of sp³-hybridized carbons (Fsp3) is 0.526. The minimum atomic E-state index is -4.30. The molecule has 0 radical (unpaired) electrons. The predicted molar refractivity (Wildman–Crippen MR) is 102 cm³/mol. The van der Waals surface area contributed by atoms with E-state index < -0.39 is 11.7 Å². The van der Waals surface area contributed by atoms with Crippen LogP contribution >= 0.6 is 0 Å². The molecule has 0 amide bonds. The van der Waals surface area contributed by atoms with Crippen LogP contribution in [0.15, 0.2) is 33.8 Å². The second kappa shape index (κ2) is 9.25. The van der Waals surface area contributed by atoms with Gasteiger partial charge >= 0.3 is 6.18 Å². The highest BCUT2D eigenvalue weighted by atomic mass is 19.4. The largest absolute Gasteiger partial charge is 0.416 e. The van der Waals surface area contributed by atoms with Gasteiger partial charge in [0, 0.05) is 32.2 Å².